The van der Waals surface area contributed by atoms with Gasteiger partial charge in [-0.25, -0.2) is 0 Å². The lowest BCUT2D eigenvalue weighted by molar-refractivity contribution is -0.144. The molecule has 1 aliphatic rings. The highest BCUT2D eigenvalue weighted by Gasteiger charge is 2.46. The number of benzene rings is 1. The van der Waals surface area contributed by atoms with Gasteiger partial charge in [-0.3, -0.25) is 4.79 Å². The van der Waals surface area contributed by atoms with Gasteiger partial charge in [-0.1, -0.05) is 43.7 Å². The summed E-state index contributed by atoms with van der Waals surface area (Å²) in [7, 11) is 1.94. The van der Waals surface area contributed by atoms with Crippen LogP contribution < -0.4 is 5.32 Å². The average molecular weight is 288 g/mol. The fourth-order valence-electron chi connectivity index (χ4n) is 3.23. The Labute approximate surface area is 128 Å². The molecule has 1 aliphatic heterocycles. The highest BCUT2D eigenvalue weighted by molar-refractivity contribution is 5.84. The van der Waals surface area contributed by atoms with Gasteiger partial charge >= 0.3 is 0 Å². The third-order valence-corrected chi connectivity index (χ3v) is 5.18. The number of nitrogens with zero attached hydrogens (tertiary/aromatic N) is 1. The Morgan fingerprint density at radius 2 is 1.86 bits per heavy atom. The monoisotopic (exact) mass is 288 g/mol. The van der Waals surface area contributed by atoms with Crippen LogP contribution in [-0.4, -0.2) is 30.9 Å². The predicted octanol–water partition coefficient (Wildman–Crippen LogP) is 3.15. The van der Waals surface area contributed by atoms with Gasteiger partial charge in [0.05, 0.1) is 11.5 Å². The van der Waals surface area contributed by atoms with Crippen molar-refractivity contribution in [2.75, 3.05) is 20.1 Å². The van der Waals surface area contributed by atoms with Crippen LogP contribution in [0.2, 0.25) is 0 Å². The smallest absolute Gasteiger partial charge is 0.230 e. The van der Waals surface area contributed by atoms with Gasteiger partial charge in [0.15, 0.2) is 0 Å². The molecule has 3 heteroatoms. The molecule has 21 heavy (non-hydrogen) atoms. The summed E-state index contributed by atoms with van der Waals surface area (Å²) >= 11 is 0. The van der Waals surface area contributed by atoms with Crippen molar-refractivity contribution in [1.82, 2.24) is 10.2 Å². The second kappa shape index (κ2) is 6.18. The summed E-state index contributed by atoms with van der Waals surface area (Å²) in [6.07, 6.45) is 0.939. The predicted molar refractivity (Wildman–Crippen MR) is 87.1 cm³/mol. The first kappa shape index (κ1) is 16.0. The zero-order valence-corrected chi connectivity index (χ0v) is 13.9. The molecule has 0 aromatic heterocycles. The maximum Gasteiger partial charge on any atom is 0.230 e. The second-order valence-corrected chi connectivity index (χ2v) is 6.74. The van der Waals surface area contributed by atoms with E-state index in [2.05, 4.69) is 57.3 Å². The van der Waals surface area contributed by atoms with E-state index in [-0.39, 0.29) is 17.4 Å². The van der Waals surface area contributed by atoms with Crippen molar-refractivity contribution in [2.45, 2.75) is 40.2 Å². The molecule has 1 heterocycles. The van der Waals surface area contributed by atoms with Gasteiger partial charge in [-0.05, 0) is 38.3 Å². The summed E-state index contributed by atoms with van der Waals surface area (Å²) in [6, 6.07) is 8.57. The van der Waals surface area contributed by atoms with E-state index < -0.39 is 0 Å². The van der Waals surface area contributed by atoms with E-state index in [0.29, 0.717) is 5.92 Å². The molecule has 1 N–H and O–H groups in total. The van der Waals surface area contributed by atoms with Crippen molar-refractivity contribution in [2.24, 2.45) is 11.3 Å². The highest BCUT2D eigenvalue weighted by Crippen LogP contribution is 2.37. The first-order valence-electron chi connectivity index (χ1n) is 7.93. The minimum atomic E-state index is -0.242. The number of hydrogen-bond acceptors (Lipinski definition) is 2. The van der Waals surface area contributed by atoms with Crippen LogP contribution in [0.1, 0.15) is 44.4 Å². The summed E-state index contributed by atoms with van der Waals surface area (Å²) < 4.78 is 0. The van der Waals surface area contributed by atoms with E-state index in [1.807, 2.05) is 11.9 Å². The molecule has 0 radical (unpaired) electrons. The number of carbonyl (C=O) groups is 1. The van der Waals surface area contributed by atoms with Crippen LogP contribution in [0, 0.1) is 18.3 Å². The normalized spacial score (nSPS) is 23.3. The van der Waals surface area contributed by atoms with Crippen molar-refractivity contribution < 1.29 is 4.79 Å². The number of amides is 1. The van der Waals surface area contributed by atoms with E-state index in [0.717, 1.165) is 19.5 Å². The molecule has 1 aromatic carbocycles. The summed E-state index contributed by atoms with van der Waals surface area (Å²) in [5, 5.41) is 3.37. The van der Waals surface area contributed by atoms with E-state index in [1.54, 1.807) is 0 Å². The summed E-state index contributed by atoms with van der Waals surface area (Å²) in [6.45, 7) is 10.3. The molecule has 0 spiro atoms. The standard InChI is InChI=1S/C18H28N2O/c1-13(2)18(10-11-19-12-18)17(21)20(5)15(4)16-8-6-14(3)7-9-16/h6-9,13,15,19H,10-12H2,1-5H3. The van der Waals surface area contributed by atoms with Gasteiger partial charge in [0.2, 0.25) is 5.91 Å². The van der Waals surface area contributed by atoms with Gasteiger partial charge in [0.1, 0.15) is 0 Å². The number of aryl methyl sites for hydroxylation is 1. The molecule has 0 saturated carbocycles. The SMILES string of the molecule is Cc1ccc(C(C)N(C)C(=O)C2(C(C)C)CCNC2)cc1. The van der Waals surface area contributed by atoms with Crippen molar-refractivity contribution >= 4 is 5.91 Å². The molecule has 3 nitrogen and oxygen atoms in total. The largest absolute Gasteiger partial charge is 0.338 e. The van der Waals surface area contributed by atoms with E-state index >= 15 is 0 Å². The van der Waals surface area contributed by atoms with Crippen LogP contribution in [0.5, 0.6) is 0 Å². The van der Waals surface area contributed by atoms with E-state index in [4.69, 9.17) is 0 Å². The minimum Gasteiger partial charge on any atom is -0.338 e. The molecular formula is C18H28N2O. The van der Waals surface area contributed by atoms with Crippen LogP contribution in [-0.2, 0) is 4.79 Å². The molecule has 2 unspecified atom stereocenters. The molecule has 1 saturated heterocycles. The van der Waals surface area contributed by atoms with Crippen LogP contribution in [0.3, 0.4) is 0 Å². The topological polar surface area (TPSA) is 32.3 Å². The molecule has 0 bridgehead atoms. The number of hydrogen-bond donors (Lipinski definition) is 1. The third-order valence-electron chi connectivity index (χ3n) is 5.18. The average Bonchev–Trinajstić information content (AvgIpc) is 2.96. The van der Waals surface area contributed by atoms with Crippen LogP contribution >= 0.6 is 0 Å². The molecule has 2 atom stereocenters. The zero-order valence-electron chi connectivity index (χ0n) is 13.9. The minimum absolute atomic E-state index is 0.106. The maximum atomic E-state index is 13.1. The van der Waals surface area contributed by atoms with Crippen LogP contribution in [0.25, 0.3) is 0 Å². The Morgan fingerprint density at radius 3 is 2.33 bits per heavy atom. The first-order chi connectivity index (χ1) is 9.88. The van der Waals surface area contributed by atoms with Crippen LogP contribution in [0.15, 0.2) is 24.3 Å². The van der Waals surface area contributed by atoms with Crippen molar-refractivity contribution in [3.05, 3.63) is 35.4 Å². The fourth-order valence-corrected chi connectivity index (χ4v) is 3.23. The van der Waals surface area contributed by atoms with Gasteiger partial charge < -0.3 is 10.2 Å². The van der Waals surface area contributed by atoms with Crippen LogP contribution in [0.4, 0.5) is 0 Å². The fraction of sp³-hybridized carbons (Fsp3) is 0.611. The summed E-state index contributed by atoms with van der Waals surface area (Å²) in [5.74, 6) is 0.628. The Hall–Kier alpha value is -1.35. The molecule has 116 valence electrons. The molecule has 1 aromatic rings. The number of rotatable bonds is 4. The first-order valence-corrected chi connectivity index (χ1v) is 7.93. The summed E-state index contributed by atoms with van der Waals surface area (Å²) in [4.78, 5) is 15.0. The lowest BCUT2D eigenvalue weighted by atomic mass is 9.75. The third kappa shape index (κ3) is 2.98. The Bertz CT molecular complexity index is 486. The van der Waals surface area contributed by atoms with Gasteiger partial charge in [-0.15, -0.1) is 0 Å². The molecule has 1 amide bonds. The maximum absolute atomic E-state index is 13.1. The van der Waals surface area contributed by atoms with Crippen molar-refractivity contribution in [3.63, 3.8) is 0 Å². The van der Waals surface area contributed by atoms with Gasteiger partial charge in [0.25, 0.3) is 0 Å². The zero-order chi connectivity index (χ0) is 15.6. The molecule has 1 fully saturated rings. The summed E-state index contributed by atoms with van der Waals surface area (Å²) in [5.41, 5.74) is 2.20. The quantitative estimate of drug-likeness (QED) is 0.923. The number of carbonyl (C=O) groups excluding carboxylic acids is 1. The van der Waals surface area contributed by atoms with Gasteiger partial charge in [0, 0.05) is 13.6 Å². The Morgan fingerprint density at radius 1 is 1.24 bits per heavy atom. The lowest BCUT2D eigenvalue weighted by Gasteiger charge is -2.37. The lowest BCUT2D eigenvalue weighted by Crippen LogP contribution is -2.47. The number of nitrogens with one attached hydrogen (secondary N) is 1. The molecule has 0 aliphatic carbocycles. The Balaban J connectivity index is 2.19. The molecule has 2 rings (SSSR count). The van der Waals surface area contributed by atoms with Gasteiger partial charge in [-0.2, -0.15) is 0 Å². The van der Waals surface area contributed by atoms with Crippen molar-refractivity contribution in [3.8, 4) is 0 Å². The second-order valence-electron chi connectivity index (χ2n) is 6.74. The van der Waals surface area contributed by atoms with E-state index in [1.165, 1.54) is 11.1 Å². The van der Waals surface area contributed by atoms with E-state index in [9.17, 15) is 4.79 Å². The highest BCUT2D eigenvalue weighted by atomic mass is 16.2. The Kier molecular flexibility index (Phi) is 4.72. The van der Waals surface area contributed by atoms with Crippen molar-refractivity contribution in [1.29, 1.82) is 0 Å². The molecular weight excluding hydrogens is 260 g/mol.